The number of nitrogens with one attached hydrogen (secondary N) is 3. The van der Waals surface area contributed by atoms with Crippen LogP contribution in [-0.4, -0.2) is 62.8 Å². The molecule has 0 aliphatic carbocycles. The van der Waals surface area contributed by atoms with E-state index in [9.17, 15) is 12.8 Å². The molecule has 1 fully saturated rings. The van der Waals surface area contributed by atoms with Gasteiger partial charge in [-0.2, -0.15) is 5.10 Å². The van der Waals surface area contributed by atoms with E-state index in [-0.39, 0.29) is 6.54 Å². The van der Waals surface area contributed by atoms with E-state index >= 15 is 0 Å². The average Bonchev–Trinajstić information content (AvgIpc) is 3.75. The number of pyridine rings is 2. The topological polar surface area (TPSA) is 133 Å². The van der Waals surface area contributed by atoms with Crippen molar-refractivity contribution in [2.75, 3.05) is 19.3 Å². The van der Waals surface area contributed by atoms with Crippen molar-refractivity contribution in [3.05, 3.63) is 84.1 Å². The fourth-order valence-electron chi connectivity index (χ4n) is 5.68. The number of halogens is 1. The van der Waals surface area contributed by atoms with Crippen molar-refractivity contribution < 1.29 is 12.8 Å². The van der Waals surface area contributed by atoms with Crippen LogP contribution in [-0.2, 0) is 23.1 Å². The first-order chi connectivity index (χ1) is 20.8. The molecule has 4 aromatic heterocycles. The van der Waals surface area contributed by atoms with E-state index in [4.69, 9.17) is 4.98 Å². The smallest absolute Gasteiger partial charge is 0.209 e. The number of nitrogens with zero attached hydrogens (tertiary/aromatic N) is 5. The van der Waals surface area contributed by atoms with E-state index < -0.39 is 15.8 Å². The second kappa shape index (κ2) is 11.0. The van der Waals surface area contributed by atoms with E-state index in [1.807, 2.05) is 18.5 Å². The lowest BCUT2D eigenvalue weighted by Gasteiger charge is -2.14. The molecule has 5 heterocycles. The molecule has 0 atom stereocenters. The van der Waals surface area contributed by atoms with Crippen LogP contribution in [0, 0.1) is 5.82 Å². The molecule has 0 saturated carbocycles. The third kappa shape index (κ3) is 5.76. The fraction of sp³-hybridized carbons (Fsp3) is 0.226. The first-order valence-corrected chi connectivity index (χ1v) is 15.9. The number of rotatable bonds is 8. The number of likely N-dealkylation sites (tertiary alicyclic amines) is 1. The van der Waals surface area contributed by atoms with Gasteiger partial charge in [0.2, 0.25) is 10.0 Å². The molecule has 2 aromatic carbocycles. The van der Waals surface area contributed by atoms with Crippen molar-refractivity contribution in [2.24, 2.45) is 0 Å². The van der Waals surface area contributed by atoms with Gasteiger partial charge in [0.15, 0.2) is 11.5 Å². The Kier molecular flexibility index (Phi) is 6.96. The Hall–Kier alpha value is -4.52. The van der Waals surface area contributed by atoms with Crippen molar-refractivity contribution in [2.45, 2.75) is 25.9 Å². The Morgan fingerprint density at radius 2 is 1.81 bits per heavy atom. The van der Waals surface area contributed by atoms with Crippen LogP contribution >= 0.6 is 0 Å². The van der Waals surface area contributed by atoms with Crippen LogP contribution in [0.25, 0.3) is 55.8 Å². The summed E-state index contributed by atoms with van der Waals surface area (Å²) in [5, 5.41) is 8.56. The van der Waals surface area contributed by atoms with Crippen LogP contribution in [0.2, 0.25) is 0 Å². The Balaban J connectivity index is 1.24. The third-order valence-electron chi connectivity index (χ3n) is 7.71. The largest absolute Gasteiger partial charge is 0.321 e. The first kappa shape index (κ1) is 27.3. The number of aromatic nitrogens is 6. The molecule has 6 aromatic rings. The standard InChI is InChI=1S/C31H29FN8O2S/c1-43(41,42)35-16-19-10-22(13-24(32)12-19)25-6-7-34-30-28(25)36-31(37-30)29-26-14-21(4-5-27(26)38-39-29)23-11-20(15-33-17-23)18-40-8-2-3-9-40/h4-7,10-15,17,35H,2-3,8-9,16,18H2,1H3,(H,38,39)(H,34,36,37). The van der Waals surface area contributed by atoms with E-state index in [0.29, 0.717) is 39.4 Å². The van der Waals surface area contributed by atoms with Gasteiger partial charge in [-0.15, -0.1) is 0 Å². The lowest BCUT2D eigenvalue weighted by Crippen LogP contribution is -2.21. The summed E-state index contributed by atoms with van der Waals surface area (Å²) in [4.78, 5) is 19.6. The molecule has 218 valence electrons. The minimum Gasteiger partial charge on any atom is -0.321 e. The zero-order valence-electron chi connectivity index (χ0n) is 23.4. The summed E-state index contributed by atoms with van der Waals surface area (Å²) in [5.74, 6) is 0.0444. The van der Waals surface area contributed by atoms with E-state index in [1.54, 1.807) is 18.3 Å². The first-order valence-electron chi connectivity index (χ1n) is 14.0. The summed E-state index contributed by atoms with van der Waals surface area (Å²) in [6.45, 7) is 3.13. The maximum atomic E-state index is 14.6. The average molecular weight is 597 g/mol. The highest BCUT2D eigenvalue weighted by atomic mass is 32.2. The summed E-state index contributed by atoms with van der Waals surface area (Å²) < 4.78 is 40.1. The number of sulfonamides is 1. The van der Waals surface area contributed by atoms with Crippen molar-refractivity contribution >= 4 is 32.1 Å². The quantitative estimate of drug-likeness (QED) is 0.225. The van der Waals surface area contributed by atoms with Gasteiger partial charge >= 0.3 is 0 Å². The molecule has 1 aliphatic rings. The number of benzene rings is 2. The molecule has 43 heavy (non-hydrogen) atoms. The van der Waals surface area contributed by atoms with E-state index in [2.05, 4.69) is 53.0 Å². The summed E-state index contributed by atoms with van der Waals surface area (Å²) in [6.07, 6.45) is 9.00. The lowest BCUT2D eigenvalue weighted by atomic mass is 10.0. The Morgan fingerprint density at radius 3 is 2.65 bits per heavy atom. The maximum absolute atomic E-state index is 14.6. The number of fused-ring (bicyclic) bond motifs is 2. The second-order valence-corrected chi connectivity index (χ2v) is 12.8. The van der Waals surface area contributed by atoms with Crippen LogP contribution in [0.4, 0.5) is 4.39 Å². The highest BCUT2D eigenvalue weighted by Gasteiger charge is 2.18. The molecular formula is C31H29FN8O2S. The van der Waals surface area contributed by atoms with Crippen molar-refractivity contribution in [1.29, 1.82) is 0 Å². The summed E-state index contributed by atoms with van der Waals surface area (Å²) in [5.41, 5.74) is 7.54. The van der Waals surface area contributed by atoms with Gasteiger partial charge in [-0.25, -0.2) is 27.5 Å². The monoisotopic (exact) mass is 596 g/mol. The predicted octanol–water partition coefficient (Wildman–Crippen LogP) is 5.01. The normalized spacial score (nSPS) is 14.3. The molecule has 10 nitrogen and oxygen atoms in total. The van der Waals surface area contributed by atoms with Gasteiger partial charge in [0.05, 0.1) is 11.8 Å². The highest BCUT2D eigenvalue weighted by molar-refractivity contribution is 7.88. The van der Waals surface area contributed by atoms with Crippen LogP contribution in [0.1, 0.15) is 24.0 Å². The van der Waals surface area contributed by atoms with Gasteiger partial charge in [0.25, 0.3) is 0 Å². The van der Waals surface area contributed by atoms with Gasteiger partial charge in [0.1, 0.15) is 17.0 Å². The number of hydrogen-bond acceptors (Lipinski definition) is 7. The summed E-state index contributed by atoms with van der Waals surface area (Å²) in [6, 6.07) is 14.5. The van der Waals surface area contributed by atoms with Gasteiger partial charge in [-0.3, -0.25) is 15.0 Å². The molecule has 0 radical (unpaired) electrons. The Labute approximate surface area is 247 Å². The minimum atomic E-state index is -3.43. The second-order valence-electron chi connectivity index (χ2n) is 11.0. The van der Waals surface area contributed by atoms with Crippen LogP contribution in [0.15, 0.2) is 67.1 Å². The molecule has 0 bridgehead atoms. The fourth-order valence-corrected chi connectivity index (χ4v) is 6.11. The van der Waals surface area contributed by atoms with Crippen molar-refractivity contribution in [3.63, 3.8) is 0 Å². The summed E-state index contributed by atoms with van der Waals surface area (Å²) in [7, 11) is -3.43. The minimum absolute atomic E-state index is 0.0259. The molecule has 0 spiro atoms. The number of aromatic amines is 2. The highest BCUT2D eigenvalue weighted by Crippen LogP contribution is 2.33. The third-order valence-corrected chi connectivity index (χ3v) is 8.38. The molecule has 1 aliphatic heterocycles. The number of H-pyrrole nitrogens is 2. The molecule has 0 unspecified atom stereocenters. The van der Waals surface area contributed by atoms with Gasteiger partial charge in [-0.05, 0) is 90.6 Å². The van der Waals surface area contributed by atoms with Crippen molar-refractivity contribution in [1.82, 2.24) is 39.8 Å². The molecule has 3 N–H and O–H groups in total. The summed E-state index contributed by atoms with van der Waals surface area (Å²) >= 11 is 0. The molecule has 1 saturated heterocycles. The Bertz CT molecular complexity index is 2080. The van der Waals surface area contributed by atoms with E-state index in [1.165, 1.54) is 30.5 Å². The molecule has 12 heteroatoms. The maximum Gasteiger partial charge on any atom is 0.209 e. The van der Waals surface area contributed by atoms with Gasteiger partial charge < -0.3 is 4.98 Å². The van der Waals surface area contributed by atoms with E-state index in [0.717, 1.165) is 47.9 Å². The van der Waals surface area contributed by atoms with Crippen molar-refractivity contribution in [3.8, 4) is 33.8 Å². The predicted molar refractivity (Wildman–Crippen MR) is 164 cm³/mol. The molecular weight excluding hydrogens is 567 g/mol. The van der Waals surface area contributed by atoms with Gasteiger partial charge in [-0.1, -0.05) is 6.07 Å². The van der Waals surface area contributed by atoms with Gasteiger partial charge in [0, 0.05) is 48.2 Å². The molecule has 7 rings (SSSR count). The van der Waals surface area contributed by atoms with Crippen LogP contribution in [0.5, 0.6) is 0 Å². The zero-order chi connectivity index (χ0) is 29.6. The number of imidazole rings is 1. The number of hydrogen-bond donors (Lipinski definition) is 3. The Morgan fingerprint density at radius 1 is 0.977 bits per heavy atom. The van der Waals surface area contributed by atoms with Crippen LogP contribution < -0.4 is 4.72 Å². The lowest BCUT2D eigenvalue weighted by molar-refractivity contribution is 0.331. The van der Waals surface area contributed by atoms with Crippen LogP contribution in [0.3, 0.4) is 0 Å². The molecule has 0 amide bonds. The zero-order valence-corrected chi connectivity index (χ0v) is 24.2. The SMILES string of the molecule is CS(=O)(=O)NCc1cc(F)cc(-c2ccnc3[nH]c(-c4n[nH]c5ccc(-c6cncc(CN7CCCC7)c6)cc45)nc23)c1.